The summed E-state index contributed by atoms with van der Waals surface area (Å²) in [5.74, 6) is -0.319. The predicted molar refractivity (Wildman–Crippen MR) is 70.5 cm³/mol. The third-order valence-electron chi connectivity index (χ3n) is 2.47. The molecule has 0 heterocycles. The van der Waals surface area contributed by atoms with E-state index in [0.29, 0.717) is 5.56 Å². The highest BCUT2D eigenvalue weighted by Gasteiger charge is 2.18. The van der Waals surface area contributed by atoms with Gasteiger partial charge in [0.2, 0.25) is 0 Å². The lowest BCUT2D eigenvalue weighted by Crippen LogP contribution is -2.11. The summed E-state index contributed by atoms with van der Waals surface area (Å²) in [5.41, 5.74) is 0.349. The molecule has 1 aromatic rings. The van der Waals surface area contributed by atoms with Crippen LogP contribution in [0.2, 0.25) is 0 Å². The normalized spacial score (nSPS) is 11.8. The average Bonchev–Trinajstić information content (AvgIpc) is 2.38. The molecule has 1 N–H and O–H groups in total. The van der Waals surface area contributed by atoms with Gasteiger partial charge in [-0.2, -0.15) is 8.42 Å². The summed E-state index contributed by atoms with van der Waals surface area (Å²) in [6, 6.07) is 5.79. The Morgan fingerprint density at radius 1 is 1.37 bits per heavy atom. The summed E-state index contributed by atoms with van der Waals surface area (Å²) in [7, 11) is -3.88. The maximum Gasteiger partial charge on any atom is 0.296 e. The molecule has 0 aliphatic rings. The fraction of sp³-hybridized carbons (Fsp3) is 0.462. The SMILES string of the molecule is CC(C)C(=O)c1cccc(S(=O)(=O)OCCCO)c1. The van der Waals surface area contributed by atoms with E-state index in [-0.39, 0.29) is 36.2 Å². The standard InChI is InChI=1S/C13H18O5S/c1-10(2)13(15)11-5-3-6-12(9-11)19(16,17)18-8-4-7-14/h3,5-6,9-10,14H,4,7-8H2,1-2H3. The van der Waals surface area contributed by atoms with Crippen LogP contribution < -0.4 is 0 Å². The van der Waals surface area contributed by atoms with Crippen LogP contribution in [0.15, 0.2) is 29.2 Å². The second-order valence-electron chi connectivity index (χ2n) is 4.40. The number of Topliss-reactive ketones (excluding diaryl/α,β-unsaturated/α-hetero) is 1. The zero-order chi connectivity index (χ0) is 14.5. The molecule has 1 aromatic carbocycles. The first-order valence-electron chi connectivity index (χ1n) is 6.03. The van der Waals surface area contributed by atoms with Crippen molar-refractivity contribution in [2.45, 2.75) is 25.2 Å². The first kappa shape index (κ1) is 15.8. The Bertz CT molecular complexity index is 534. The van der Waals surface area contributed by atoms with Crippen molar-refractivity contribution in [1.82, 2.24) is 0 Å². The van der Waals surface area contributed by atoms with Crippen LogP contribution >= 0.6 is 0 Å². The molecule has 0 aliphatic heterocycles. The van der Waals surface area contributed by atoms with Gasteiger partial charge in [0.05, 0.1) is 11.5 Å². The number of benzene rings is 1. The zero-order valence-electron chi connectivity index (χ0n) is 11.0. The molecule has 6 heteroatoms. The van der Waals surface area contributed by atoms with Gasteiger partial charge in [-0.1, -0.05) is 26.0 Å². The predicted octanol–water partition coefficient (Wildman–Crippen LogP) is 1.61. The van der Waals surface area contributed by atoms with Gasteiger partial charge >= 0.3 is 0 Å². The first-order valence-corrected chi connectivity index (χ1v) is 7.44. The van der Waals surface area contributed by atoms with Gasteiger partial charge in [-0.05, 0) is 18.6 Å². The lowest BCUT2D eigenvalue weighted by molar-refractivity contribution is 0.0939. The maximum atomic E-state index is 11.8. The van der Waals surface area contributed by atoms with Crippen LogP contribution in [-0.4, -0.2) is 32.5 Å². The van der Waals surface area contributed by atoms with Gasteiger partial charge in [0.15, 0.2) is 5.78 Å². The van der Waals surface area contributed by atoms with E-state index in [1.54, 1.807) is 19.9 Å². The molecule has 0 amide bonds. The molecule has 0 saturated carbocycles. The minimum Gasteiger partial charge on any atom is -0.396 e. The molecule has 19 heavy (non-hydrogen) atoms. The van der Waals surface area contributed by atoms with Crippen molar-refractivity contribution in [3.8, 4) is 0 Å². The number of aliphatic hydroxyl groups is 1. The van der Waals surface area contributed by atoms with Gasteiger partial charge in [0.25, 0.3) is 10.1 Å². The summed E-state index contributed by atoms with van der Waals surface area (Å²) < 4.78 is 28.4. The number of carbonyl (C=O) groups is 1. The first-order chi connectivity index (χ1) is 8.88. The van der Waals surface area contributed by atoms with Crippen molar-refractivity contribution in [3.05, 3.63) is 29.8 Å². The molecule has 0 unspecified atom stereocenters. The van der Waals surface area contributed by atoms with Gasteiger partial charge in [-0.3, -0.25) is 8.98 Å². The molecule has 0 saturated heterocycles. The highest BCUT2D eigenvalue weighted by molar-refractivity contribution is 7.86. The molecule has 0 aromatic heterocycles. The topological polar surface area (TPSA) is 80.7 Å². The largest absolute Gasteiger partial charge is 0.396 e. The Morgan fingerprint density at radius 2 is 2.05 bits per heavy atom. The van der Waals surface area contributed by atoms with Crippen molar-refractivity contribution < 1.29 is 22.5 Å². The average molecular weight is 286 g/mol. The number of hydrogen-bond acceptors (Lipinski definition) is 5. The molecule has 0 bridgehead atoms. The van der Waals surface area contributed by atoms with Gasteiger partial charge < -0.3 is 5.11 Å². The number of carbonyl (C=O) groups excluding carboxylic acids is 1. The van der Waals surface area contributed by atoms with Crippen molar-refractivity contribution in [2.24, 2.45) is 5.92 Å². The molecular formula is C13H18O5S. The maximum absolute atomic E-state index is 11.8. The van der Waals surface area contributed by atoms with E-state index in [1.165, 1.54) is 18.2 Å². The van der Waals surface area contributed by atoms with Crippen molar-refractivity contribution in [2.75, 3.05) is 13.2 Å². The lowest BCUT2D eigenvalue weighted by atomic mass is 10.0. The van der Waals surface area contributed by atoms with Crippen LogP contribution in [0.3, 0.4) is 0 Å². The minimum atomic E-state index is -3.88. The minimum absolute atomic E-state index is 0.0445. The van der Waals surface area contributed by atoms with Crippen LogP contribution in [-0.2, 0) is 14.3 Å². The Balaban J connectivity index is 2.95. The van der Waals surface area contributed by atoms with Gasteiger partial charge in [0, 0.05) is 18.1 Å². The third kappa shape index (κ3) is 4.41. The van der Waals surface area contributed by atoms with Crippen LogP contribution in [0.1, 0.15) is 30.6 Å². The molecule has 5 nitrogen and oxygen atoms in total. The molecule has 0 radical (unpaired) electrons. The summed E-state index contributed by atoms with van der Waals surface area (Å²) >= 11 is 0. The van der Waals surface area contributed by atoms with E-state index >= 15 is 0 Å². The van der Waals surface area contributed by atoms with E-state index in [2.05, 4.69) is 0 Å². The van der Waals surface area contributed by atoms with E-state index in [4.69, 9.17) is 9.29 Å². The van der Waals surface area contributed by atoms with Crippen molar-refractivity contribution in [1.29, 1.82) is 0 Å². The zero-order valence-corrected chi connectivity index (χ0v) is 11.8. The van der Waals surface area contributed by atoms with E-state index in [1.807, 2.05) is 0 Å². The fourth-order valence-electron chi connectivity index (χ4n) is 1.44. The van der Waals surface area contributed by atoms with Crippen molar-refractivity contribution >= 4 is 15.9 Å². The summed E-state index contributed by atoms with van der Waals surface area (Å²) in [4.78, 5) is 11.8. The monoisotopic (exact) mass is 286 g/mol. The second kappa shape index (κ2) is 6.79. The van der Waals surface area contributed by atoms with Crippen LogP contribution in [0, 0.1) is 5.92 Å². The van der Waals surface area contributed by atoms with Crippen molar-refractivity contribution in [3.63, 3.8) is 0 Å². The van der Waals surface area contributed by atoms with Crippen LogP contribution in [0.5, 0.6) is 0 Å². The highest BCUT2D eigenvalue weighted by Crippen LogP contribution is 2.17. The summed E-state index contributed by atoms with van der Waals surface area (Å²) in [6.45, 7) is 3.28. The number of rotatable bonds is 7. The van der Waals surface area contributed by atoms with E-state index in [9.17, 15) is 13.2 Å². The molecule has 106 valence electrons. The van der Waals surface area contributed by atoms with E-state index < -0.39 is 10.1 Å². The Hall–Kier alpha value is -1.24. The summed E-state index contributed by atoms with van der Waals surface area (Å²) in [6.07, 6.45) is 0.240. The number of hydrogen-bond donors (Lipinski definition) is 1. The third-order valence-corrected chi connectivity index (χ3v) is 3.78. The second-order valence-corrected chi connectivity index (χ2v) is 6.02. The van der Waals surface area contributed by atoms with Gasteiger partial charge in [-0.25, -0.2) is 0 Å². The molecule has 0 atom stereocenters. The molecule has 0 fully saturated rings. The summed E-state index contributed by atoms with van der Waals surface area (Å²) in [5, 5.41) is 8.59. The van der Waals surface area contributed by atoms with Gasteiger partial charge in [0.1, 0.15) is 0 Å². The smallest absolute Gasteiger partial charge is 0.296 e. The Kier molecular flexibility index (Phi) is 5.65. The Morgan fingerprint density at radius 3 is 2.63 bits per heavy atom. The van der Waals surface area contributed by atoms with Crippen LogP contribution in [0.4, 0.5) is 0 Å². The molecule has 0 aliphatic carbocycles. The quantitative estimate of drug-likeness (QED) is 0.468. The lowest BCUT2D eigenvalue weighted by Gasteiger charge is -2.08. The Labute approximate surface area is 113 Å². The van der Waals surface area contributed by atoms with Gasteiger partial charge in [-0.15, -0.1) is 0 Å². The molecular weight excluding hydrogens is 268 g/mol. The number of ketones is 1. The highest BCUT2D eigenvalue weighted by atomic mass is 32.2. The van der Waals surface area contributed by atoms with E-state index in [0.717, 1.165) is 0 Å². The molecule has 1 rings (SSSR count). The molecule has 0 spiro atoms. The fourth-order valence-corrected chi connectivity index (χ4v) is 2.43. The van der Waals surface area contributed by atoms with Crippen LogP contribution in [0.25, 0.3) is 0 Å². The number of aliphatic hydroxyl groups excluding tert-OH is 1.